The van der Waals surface area contributed by atoms with Crippen LogP contribution in [-0.4, -0.2) is 0 Å². The Hall–Kier alpha value is 0. The van der Waals surface area contributed by atoms with Crippen LogP contribution in [0.1, 0.15) is 162 Å². The van der Waals surface area contributed by atoms with Crippen molar-refractivity contribution in [2.45, 2.75) is 162 Å². The number of unbranched alkanes of at least 4 members (excludes halogenated alkanes) is 16. The molecule has 0 saturated heterocycles. The summed E-state index contributed by atoms with van der Waals surface area (Å²) in [6.07, 6.45) is 32.3. The van der Waals surface area contributed by atoms with E-state index >= 15 is 0 Å². The maximum atomic E-state index is 2.34. The van der Waals surface area contributed by atoms with Crippen molar-refractivity contribution in [3.8, 4) is 0 Å². The number of hydrogen-bond acceptors (Lipinski definition) is 0. The third-order valence-corrected chi connectivity index (χ3v) is 6.15. The molecule has 0 aromatic heterocycles. The molecule has 158 valence electrons. The van der Waals surface area contributed by atoms with Crippen LogP contribution in [0.3, 0.4) is 0 Å². The third kappa shape index (κ3) is 20.3. The fourth-order valence-electron chi connectivity index (χ4n) is 4.24. The van der Waals surface area contributed by atoms with E-state index in [-0.39, 0.29) is 0 Å². The molecule has 0 saturated carbocycles. The van der Waals surface area contributed by atoms with Gasteiger partial charge in [-0.3, -0.25) is 0 Å². The minimum absolute atomic E-state index is 1.04. The molecule has 1 unspecified atom stereocenters. The zero-order valence-corrected chi connectivity index (χ0v) is 19.1. The van der Waals surface area contributed by atoms with Crippen molar-refractivity contribution in [1.82, 2.24) is 0 Å². The van der Waals surface area contributed by atoms with Gasteiger partial charge in [-0.2, -0.15) is 0 Å². The summed E-state index contributed by atoms with van der Waals surface area (Å²) in [5, 5.41) is 0. The molecule has 0 N–H and O–H groups in total. The molecule has 0 heterocycles. The summed E-state index contributed by atoms with van der Waals surface area (Å²) < 4.78 is 0. The monoisotopic (exact) mass is 366 g/mol. The van der Waals surface area contributed by atoms with E-state index in [9.17, 15) is 0 Å². The lowest BCUT2D eigenvalue weighted by molar-refractivity contribution is 0.373. The van der Waals surface area contributed by atoms with Crippen molar-refractivity contribution >= 4 is 0 Å². The van der Waals surface area contributed by atoms with Crippen molar-refractivity contribution in [2.24, 2.45) is 5.92 Å². The second-order valence-electron chi connectivity index (χ2n) is 8.89. The smallest absolute Gasteiger partial charge is 0.0414 e. The number of rotatable bonds is 22. The van der Waals surface area contributed by atoms with Gasteiger partial charge in [0, 0.05) is 0 Å². The maximum absolute atomic E-state index is 2.34. The largest absolute Gasteiger partial charge is 0.0654 e. The molecule has 0 radical (unpaired) electrons. The van der Waals surface area contributed by atoms with E-state index in [1.807, 2.05) is 0 Å². The highest BCUT2D eigenvalue weighted by molar-refractivity contribution is 4.61. The van der Waals surface area contributed by atoms with E-state index in [1.165, 1.54) is 141 Å². The van der Waals surface area contributed by atoms with E-state index in [4.69, 9.17) is 0 Å². The molecular weight excluding hydrogens is 312 g/mol. The Morgan fingerprint density at radius 1 is 0.308 bits per heavy atom. The number of hydrogen-bond donors (Lipinski definition) is 0. The van der Waals surface area contributed by atoms with Crippen LogP contribution in [0.4, 0.5) is 0 Å². The van der Waals surface area contributed by atoms with Crippen LogP contribution in [0.25, 0.3) is 0 Å². The summed E-state index contributed by atoms with van der Waals surface area (Å²) in [6.45, 7) is 6.97. The Kier molecular flexibility index (Phi) is 23.0. The molecule has 0 aliphatic heterocycles. The summed E-state index contributed by atoms with van der Waals surface area (Å²) in [5.74, 6) is 1.04. The Morgan fingerprint density at radius 2 is 0.577 bits per heavy atom. The second kappa shape index (κ2) is 23.0. The van der Waals surface area contributed by atoms with Crippen LogP contribution in [-0.2, 0) is 0 Å². The molecule has 0 spiro atoms. The van der Waals surface area contributed by atoms with Gasteiger partial charge in [0.2, 0.25) is 0 Å². The van der Waals surface area contributed by atoms with Crippen LogP contribution in [0.15, 0.2) is 0 Å². The van der Waals surface area contributed by atoms with E-state index in [0.717, 1.165) is 5.92 Å². The average molecular weight is 367 g/mol. The summed E-state index contributed by atoms with van der Waals surface area (Å²) in [5.41, 5.74) is 0. The van der Waals surface area contributed by atoms with Gasteiger partial charge in [0.25, 0.3) is 0 Å². The fourth-order valence-corrected chi connectivity index (χ4v) is 4.24. The minimum Gasteiger partial charge on any atom is -0.0654 e. The zero-order valence-electron chi connectivity index (χ0n) is 19.1. The van der Waals surface area contributed by atoms with E-state index in [0.29, 0.717) is 0 Å². The van der Waals surface area contributed by atoms with E-state index in [2.05, 4.69) is 20.8 Å². The molecule has 0 bridgehead atoms. The molecule has 0 aromatic rings. The van der Waals surface area contributed by atoms with Gasteiger partial charge < -0.3 is 0 Å². The van der Waals surface area contributed by atoms with Crippen molar-refractivity contribution in [2.75, 3.05) is 0 Å². The lowest BCUT2D eigenvalue weighted by Crippen LogP contribution is -2.01. The molecule has 0 aliphatic rings. The third-order valence-electron chi connectivity index (χ3n) is 6.15. The predicted molar refractivity (Wildman–Crippen MR) is 122 cm³/mol. The topological polar surface area (TPSA) is 0 Å². The van der Waals surface area contributed by atoms with Crippen molar-refractivity contribution in [3.63, 3.8) is 0 Å². The van der Waals surface area contributed by atoms with E-state index in [1.54, 1.807) is 0 Å². The normalized spacial score (nSPS) is 12.6. The SMILES string of the molecule is CCCCCCCCCCCCCCCCC(CCCC)CCCCC. The quantitative estimate of drug-likeness (QED) is 0.167. The van der Waals surface area contributed by atoms with Gasteiger partial charge in [-0.25, -0.2) is 0 Å². The predicted octanol–water partition coefficient (Wildman–Crippen LogP) is 10.2. The minimum atomic E-state index is 1.04. The maximum Gasteiger partial charge on any atom is -0.0414 e. The lowest BCUT2D eigenvalue weighted by atomic mass is 9.90. The van der Waals surface area contributed by atoms with Crippen LogP contribution in [0.5, 0.6) is 0 Å². The highest BCUT2D eigenvalue weighted by Crippen LogP contribution is 2.23. The first kappa shape index (κ1) is 26.0. The van der Waals surface area contributed by atoms with Gasteiger partial charge in [0.1, 0.15) is 0 Å². The molecule has 0 aromatic carbocycles. The first-order valence-corrected chi connectivity index (χ1v) is 12.8. The lowest BCUT2D eigenvalue weighted by Gasteiger charge is -2.16. The first-order valence-electron chi connectivity index (χ1n) is 12.8. The highest BCUT2D eigenvalue weighted by Gasteiger charge is 2.07. The second-order valence-corrected chi connectivity index (χ2v) is 8.89. The summed E-state index contributed by atoms with van der Waals surface area (Å²) in [6, 6.07) is 0. The van der Waals surface area contributed by atoms with Gasteiger partial charge in [0.05, 0.1) is 0 Å². The average Bonchev–Trinajstić information content (AvgIpc) is 2.66. The highest BCUT2D eigenvalue weighted by atomic mass is 14.1. The van der Waals surface area contributed by atoms with Gasteiger partial charge >= 0.3 is 0 Å². The molecule has 0 amide bonds. The Labute approximate surface area is 168 Å². The molecular formula is C26H54. The van der Waals surface area contributed by atoms with Gasteiger partial charge in [0.15, 0.2) is 0 Å². The van der Waals surface area contributed by atoms with Crippen molar-refractivity contribution in [1.29, 1.82) is 0 Å². The molecule has 0 rings (SSSR count). The van der Waals surface area contributed by atoms with Crippen molar-refractivity contribution < 1.29 is 0 Å². The van der Waals surface area contributed by atoms with E-state index < -0.39 is 0 Å². The fraction of sp³-hybridized carbons (Fsp3) is 1.00. The van der Waals surface area contributed by atoms with Crippen molar-refractivity contribution in [3.05, 3.63) is 0 Å². The van der Waals surface area contributed by atoms with Gasteiger partial charge in [-0.05, 0) is 5.92 Å². The van der Waals surface area contributed by atoms with Gasteiger partial charge in [-0.1, -0.05) is 162 Å². The molecule has 1 atom stereocenters. The summed E-state index contributed by atoms with van der Waals surface area (Å²) >= 11 is 0. The summed E-state index contributed by atoms with van der Waals surface area (Å²) in [7, 11) is 0. The Morgan fingerprint density at radius 3 is 1.00 bits per heavy atom. The molecule has 0 nitrogen and oxygen atoms in total. The first-order chi connectivity index (χ1) is 12.8. The van der Waals surface area contributed by atoms with Crippen LogP contribution in [0.2, 0.25) is 0 Å². The summed E-state index contributed by atoms with van der Waals surface area (Å²) in [4.78, 5) is 0. The van der Waals surface area contributed by atoms with Crippen LogP contribution in [0, 0.1) is 5.92 Å². The Bertz CT molecular complexity index is 232. The Balaban J connectivity index is 3.33. The standard InChI is InChI=1S/C26H54/c1-4-7-10-11-12-13-14-15-16-17-18-19-20-22-25-26(23-9-6-3)24-21-8-5-2/h26H,4-25H2,1-3H3. The molecule has 0 heteroatoms. The molecule has 0 aliphatic carbocycles. The van der Waals surface area contributed by atoms with Crippen LogP contribution >= 0.6 is 0 Å². The van der Waals surface area contributed by atoms with Gasteiger partial charge in [-0.15, -0.1) is 0 Å². The molecule has 0 fully saturated rings. The van der Waals surface area contributed by atoms with Crippen LogP contribution < -0.4 is 0 Å². The zero-order chi connectivity index (χ0) is 19.1. The molecule has 26 heavy (non-hydrogen) atoms.